The van der Waals surface area contributed by atoms with Crippen LogP contribution in [0.15, 0.2) is 126 Å². The number of benzene rings is 6. The van der Waals surface area contributed by atoms with Crippen LogP contribution in [-0.4, -0.2) is 9.52 Å². The van der Waals surface area contributed by atoms with Gasteiger partial charge in [-0.3, -0.25) is 0 Å². The molecular formula is C54H55Cl2SiZr. The molecule has 58 heavy (non-hydrogen) atoms. The fourth-order valence-corrected chi connectivity index (χ4v) is 40.2. The second-order valence-corrected chi connectivity index (χ2v) is 40.3. The predicted octanol–water partition coefficient (Wildman–Crippen LogP) is 13.4. The van der Waals surface area contributed by atoms with E-state index in [1.165, 1.54) is 103 Å². The Morgan fingerprint density at radius 3 is 1.47 bits per heavy atom. The molecule has 0 radical (unpaired) electrons. The molecule has 0 aromatic heterocycles. The van der Waals surface area contributed by atoms with Crippen LogP contribution < -0.4 is 13.6 Å². The van der Waals surface area contributed by atoms with Crippen molar-refractivity contribution in [2.24, 2.45) is 0 Å². The minimum absolute atomic E-state index is 0.101. The third-order valence-corrected chi connectivity index (χ3v) is 37.1. The van der Waals surface area contributed by atoms with E-state index >= 15 is 0 Å². The van der Waals surface area contributed by atoms with E-state index in [2.05, 4.69) is 183 Å². The fourth-order valence-electron chi connectivity index (χ4n) is 11.5. The fraction of sp³-hybridized carbons (Fsp3) is 0.259. The summed E-state index contributed by atoms with van der Waals surface area (Å²) in [5.74, 6) is 0.794. The van der Waals surface area contributed by atoms with Gasteiger partial charge in [0.1, 0.15) is 0 Å². The zero-order valence-electron chi connectivity index (χ0n) is 35.3. The summed E-state index contributed by atoms with van der Waals surface area (Å²) in [6, 6.07) is 43.7. The zero-order valence-corrected chi connectivity index (χ0v) is 40.7. The maximum atomic E-state index is 9.23. The van der Waals surface area contributed by atoms with Crippen molar-refractivity contribution in [2.45, 2.75) is 87.3 Å². The van der Waals surface area contributed by atoms with Gasteiger partial charge in [0.25, 0.3) is 0 Å². The van der Waals surface area contributed by atoms with Crippen LogP contribution in [0.2, 0.25) is 0 Å². The molecule has 6 aromatic rings. The third-order valence-electron chi connectivity index (χ3n) is 13.9. The standard InChI is InChI=1S/2C21H23.C12H9Si.2ClH.Zr/c2*1-5-16-10-11-17-12-15(4)13-20(17)21(16)19-9-7-6-8-18(19)14(2)3;1-3-7-11-9(5-1)10-6-2-4-8-12(10)13-11;;;/h2*6-14H,5H2,1-4H3;1-7H,13H2;2*1H;/q;;;;;+2/p-2. The Kier molecular flexibility index (Phi) is 10.2. The molecule has 293 valence electrons. The SMILES string of the molecule is CCc1ccc2c(c1-c1ccccc1C(C)C)C=C(C)[CH]2[Zr]([Cl])([Cl])([c]1cccc2c1[SiH2]c1ccccc1-2)[CH]1C(C)=Cc2c1ccc(CC)c2-c1ccccc1C(C)C. The summed E-state index contributed by atoms with van der Waals surface area (Å²) >= 11 is -5.56. The van der Waals surface area contributed by atoms with Crippen LogP contribution in [0.4, 0.5) is 0 Å². The topological polar surface area (TPSA) is 0 Å². The summed E-state index contributed by atoms with van der Waals surface area (Å²) in [4.78, 5) is 0. The first kappa shape index (κ1) is 39.9. The van der Waals surface area contributed by atoms with E-state index in [1.807, 2.05) is 0 Å². The van der Waals surface area contributed by atoms with E-state index in [-0.39, 0.29) is 7.25 Å². The molecule has 0 bridgehead atoms. The summed E-state index contributed by atoms with van der Waals surface area (Å²) in [5.41, 5.74) is 21.5. The molecule has 4 heteroatoms. The Hall–Kier alpha value is -3.52. The van der Waals surface area contributed by atoms with Gasteiger partial charge in [-0.2, -0.15) is 0 Å². The first-order chi connectivity index (χ1) is 27.9. The van der Waals surface area contributed by atoms with Crippen molar-refractivity contribution in [1.29, 1.82) is 0 Å². The Morgan fingerprint density at radius 2 is 0.983 bits per heavy atom. The zero-order chi connectivity index (χ0) is 40.7. The molecule has 0 spiro atoms. The van der Waals surface area contributed by atoms with Gasteiger partial charge in [0.15, 0.2) is 0 Å². The number of hydrogen-bond acceptors (Lipinski definition) is 0. The number of aryl methyl sites for hydroxylation is 2. The van der Waals surface area contributed by atoms with Gasteiger partial charge in [0.2, 0.25) is 0 Å². The van der Waals surface area contributed by atoms with Crippen LogP contribution in [0, 0.1) is 0 Å². The normalized spacial score (nSPS) is 17.8. The van der Waals surface area contributed by atoms with Crippen molar-refractivity contribution < 1.29 is 16.4 Å². The van der Waals surface area contributed by atoms with Crippen molar-refractivity contribution in [3.8, 4) is 33.4 Å². The predicted molar refractivity (Wildman–Crippen MR) is 255 cm³/mol. The molecule has 2 aliphatic carbocycles. The molecule has 2 unspecified atom stereocenters. The molecule has 0 nitrogen and oxygen atoms in total. The van der Waals surface area contributed by atoms with Crippen LogP contribution in [-0.2, 0) is 29.2 Å². The molecule has 0 saturated heterocycles. The molecule has 1 aliphatic heterocycles. The molecule has 0 amide bonds. The van der Waals surface area contributed by atoms with E-state index in [0.29, 0.717) is 11.8 Å². The maximum absolute atomic E-state index is 9.23. The summed E-state index contributed by atoms with van der Waals surface area (Å²) in [7, 11) is 17.6. The number of halogens is 2. The molecular weight excluding hydrogens is 839 g/mol. The quantitative estimate of drug-likeness (QED) is 0.127. The van der Waals surface area contributed by atoms with Gasteiger partial charge in [-0.1, -0.05) is 0 Å². The Bertz CT molecular complexity index is 2580. The first-order valence-corrected chi connectivity index (χ1v) is 33.3. The van der Waals surface area contributed by atoms with Crippen molar-refractivity contribution in [3.05, 3.63) is 171 Å². The van der Waals surface area contributed by atoms with E-state index in [1.54, 1.807) is 0 Å². The monoisotopic (exact) mass is 891 g/mol. The molecule has 9 rings (SSSR count). The van der Waals surface area contributed by atoms with Gasteiger partial charge < -0.3 is 0 Å². The molecule has 0 fully saturated rings. The van der Waals surface area contributed by atoms with Crippen LogP contribution >= 0.6 is 17.0 Å². The Labute approximate surface area is 357 Å². The number of hydrogen-bond donors (Lipinski definition) is 0. The average Bonchev–Trinajstić information content (AvgIpc) is 3.90. The van der Waals surface area contributed by atoms with Gasteiger partial charge >= 0.3 is 360 Å². The Morgan fingerprint density at radius 1 is 0.534 bits per heavy atom. The minimum atomic E-state index is -5.56. The summed E-state index contributed by atoms with van der Waals surface area (Å²) in [6.45, 7) is 18.5. The van der Waals surface area contributed by atoms with Crippen LogP contribution in [0.1, 0.15) is 119 Å². The van der Waals surface area contributed by atoms with Crippen molar-refractivity contribution in [3.63, 3.8) is 0 Å². The first-order valence-electron chi connectivity index (χ1n) is 21.5. The van der Waals surface area contributed by atoms with E-state index in [0.717, 1.165) is 12.8 Å². The van der Waals surface area contributed by atoms with Crippen LogP contribution in [0.3, 0.4) is 0 Å². The second kappa shape index (κ2) is 14.9. The number of allylic oxidation sites excluding steroid dienone is 2. The van der Waals surface area contributed by atoms with Gasteiger partial charge in [0.05, 0.1) is 0 Å². The molecule has 0 N–H and O–H groups in total. The molecule has 1 heterocycles. The van der Waals surface area contributed by atoms with E-state index in [9.17, 15) is 17.0 Å². The van der Waals surface area contributed by atoms with Gasteiger partial charge in [-0.05, 0) is 0 Å². The molecule has 3 aliphatic rings. The van der Waals surface area contributed by atoms with E-state index < -0.39 is 25.9 Å². The summed E-state index contributed by atoms with van der Waals surface area (Å²) < 4.78 is 1.08. The molecule has 0 saturated carbocycles. The van der Waals surface area contributed by atoms with Gasteiger partial charge in [0, 0.05) is 0 Å². The molecule has 2 atom stereocenters. The van der Waals surface area contributed by atoms with Crippen LogP contribution in [0.25, 0.3) is 45.5 Å². The van der Waals surface area contributed by atoms with Crippen molar-refractivity contribution in [2.75, 3.05) is 0 Å². The Balaban J connectivity index is 1.36. The number of fused-ring (bicyclic) bond motifs is 5. The van der Waals surface area contributed by atoms with E-state index in [4.69, 9.17) is 0 Å². The number of rotatable bonds is 9. The van der Waals surface area contributed by atoms with Gasteiger partial charge in [-0.15, -0.1) is 0 Å². The summed E-state index contributed by atoms with van der Waals surface area (Å²) in [5, 5.41) is 2.96. The van der Waals surface area contributed by atoms with Crippen molar-refractivity contribution >= 4 is 52.3 Å². The summed E-state index contributed by atoms with van der Waals surface area (Å²) in [6.07, 6.45) is 6.88. The second-order valence-electron chi connectivity index (χ2n) is 17.9. The van der Waals surface area contributed by atoms with Crippen molar-refractivity contribution in [1.82, 2.24) is 0 Å². The molecule has 6 aromatic carbocycles. The van der Waals surface area contributed by atoms with Gasteiger partial charge in [-0.25, -0.2) is 0 Å². The third kappa shape index (κ3) is 5.90. The average molecular weight is 894 g/mol. The van der Waals surface area contributed by atoms with Crippen LogP contribution in [0.5, 0.6) is 0 Å².